The van der Waals surface area contributed by atoms with Gasteiger partial charge < -0.3 is 15.7 Å². The molecule has 3 N–H and O–H groups in total. The molecule has 0 aromatic rings. The Labute approximate surface area is 109 Å². The maximum Gasteiger partial charge on any atom is 0.303 e. The van der Waals surface area contributed by atoms with Crippen LogP contribution < -0.4 is 10.6 Å². The summed E-state index contributed by atoms with van der Waals surface area (Å²) in [6, 6.07) is 0. The highest BCUT2D eigenvalue weighted by atomic mass is 32.2. The summed E-state index contributed by atoms with van der Waals surface area (Å²) in [5.41, 5.74) is 0. The third-order valence-corrected chi connectivity index (χ3v) is 2.75. The number of carboxylic acid groups (broad SMARTS) is 1. The molecule has 1 atom stereocenters. The Morgan fingerprint density at radius 3 is 2.17 bits per heavy atom. The molecule has 0 aliphatic carbocycles. The molecule has 0 fully saturated rings. The maximum atomic E-state index is 11.4. The Kier molecular flexibility index (Phi) is 7.77. The van der Waals surface area contributed by atoms with Crippen molar-refractivity contribution < 1.29 is 24.3 Å². The summed E-state index contributed by atoms with van der Waals surface area (Å²) in [7, 11) is 0. The zero-order valence-electron chi connectivity index (χ0n) is 10.2. The van der Waals surface area contributed by atoms with Gasteiger partial charge in [-0.3, -0.25) is 19.2 Å². The van der Waals surface area contributed by atoms with E-state index in [1.165, 1.54) is 13.8 Å². The standard InChI is InChI=1S/C10H16N2O5S/c1-6(13)11-5-8(12-7(2)14)18-10(17)4-3-9(15)16/h8H,3-5H2,1-2H3,(H,11,13)(H,12,14)(H,15,16). The van der Waals surface area contributed by atoms with Crippen LogP contribution in [0.5, 0.6) is 0 Å². The molecule has 0 spiro atoms. The predicted molar refractivity (Wildman–Crippen MR) is 65.8 cm³/mol. The van der Waals surface area contributed by atoms with E-state index < -0.39 is 11.3 Å². The molecule has 1 unspecified atom stereocenters. The lowest BCUT2D eigenvalue weighted by Crippen LogP contribution is -2.40. The molecule has 7 nitrogen and oxygen atoms in total. The van der Waals surface area contributed by atoms with E-state index in [1.807, 2.05) is 0 Å². The molecule has 0 saturated carbocycles. The maximum absolute atomic E-state index is 11.4. The van der Waals surface area contributed by atoms with Crippen molar-refractivity contribution in [2.24, 2.45) is 0 Å². The van der Waals surface area contributed by atoms with Crippen molar-refractivity contribution in [3.63, 3.8) is 0 Å². The molecule has 18 heavy (non-hydrogen) atoms. The van der Waals surface area contributed by atoms with Crippen molar-refractivity contribution >= 4 is 34.7 Å². The second kappa shape index (κ2) is 8.51. The van der Waals surface area contributed by atoms with Crippen molar-refractivity contribution in [2.45, 2.75) is 32.1 Å². The largest absolute Gasteiger partial charge is 0.481 e. The van der Waals surface area contributed by atoms with Gasteiger partial charge in [0.1, 0.15) is 0 Å². The van der Waals surface area contributed by atoms with Gasteiger partial charge in [-0.25, -0.2) is 0 Å². The lowest BCUT2D eigenvalue weighted by Gasteiger charge is -2.16. The summed E-state index contributed by atoms with van der Waals surface area (Å²) < 4.78 is 0. The lowest BCUT2D eigenvalue weighted by molar-refractivity contribution is -0.138. The molecular weight excluding hydrogens is 260 g/mol. The van der Waals surface area contributed by atoms with E-state index in [2.05, 4.69) is 10.6 Å². The van der Waals surface area contributed by atoms with Crippen LogP contribution in [0.1, 0.15) is 26.7 Å². The van der Waals surface area contributed by atoms with Crippen molar-refractivity contribution in [1.29, 1.82) is 0 Å². The molecule has 0 aliphatic heterocycles. The van der Waals surface area contributed by atoms with Crippen LogP contribution in [0, 0.1) is 0 Å². The molecule has 0 bridgehead atoms. The fourth-order valence-electron chi connectivity index (χ4n) is 1.01. The predicted octanol–water partition coefficient (Wildman–Crippen LogP) is -0.291. The van der Waals surface area contributed by atoms with Gasteiger partial charge in [0.2, 0.25) is 11.8 Å². The number of carbonyl (C=O) groups excluding carboxylic acids is 3. The number of nitrogens with one attached hydrogen (secondary N) is 2. The van der Waals surface area contributed by atoms with Crippen LogP contribution in [0.25, 0.3) is 0 Å². The molecule has 2 amide bonds. The first-order chi connectivity index (χ1) is 8.31. The minimum Gasteiger partial charge on any atom is -0.481 e. The minimum atomic E-state index is -1.05. The van der Waals surface area contributed by atoms with Crippen LogP contribution >= 0.6 is 11.8 Å². The number of amides is 2. The first-order valence-electron chi connectivity index (χ1n) is 5.24. The quantitative estimate of drug-likeness (QED) is 0.551. The van der Waals surface area contributed by atoms with Gasteiger partial charge in [-0.15, -0.1) is 0 Å². The van der Waals surface area contributed by atoms with Gasteiger partial charge in [0, 0.05) is 26.8 Å². The molecule has 0 aromatic carbocycles. The summed E-state index contributed by atoms with van der Waals surface area (Å²) in [5.74, 6) is -1.66. The Morgan fingerprint density at radius 2 is 1.72 bits per heavy atom. The molecular formula is C10H16N2O5S. The molecule has 0 saturated heterocycles. The van der Waals surface area contributed by atoms with E-state index >= 15 is 0 Å². The number of thioether (sulfide) groups is 1. The van der Waals surface area contributed by atoms with Crippen molar-refractivity contribution in [2.75, 3.05) is 6.54 Å². The number of carbonyl (C=O) groups is 4. The van der Waals surface area contributed by atoms with Gasteiger partial charge in [0.15, 0.2) is 5.12 Å². The van der Waals surface area contributed by atoms with Gasteiger partial charge in [0.05, 0.1) is 11.8 Å². The van der Waals surface area contributed by atoms with Gasteiger partial charge in [-0.05, 0) is 0 Å². The number of hydrogen-bond donors (Lipinski definition) is 3. The van der Waals surface area contributed by atoms with E-state index in [1.54, 1.807) is 0 Å². The monoisotopic (exact) mass is 276 g/mol. The molecule has 0 radical (unpaired) electrons. The Morgan fingerprint density at radius 1 is 1.11 bits per heavy atom. The van der Waals surface area contributed by atoms with E-state index in [9.17, 15) is 19.2 Å². The van der Waals surface area contributed by atoms with Crippen LogP contribution in [0.4, 0.5) is 0 Å². The van der Waals surface area contributed by atoms with Crippen LogP contribution in [0.2, 0.25) is 0 Å². The third-order valence-electron chi connectivity index (χ3n) is 1.72. The molecule has 8 heteroatoms. The molecule has 0 aromatic heterocycles. The zero-order valence-corrected chi connectivity index (χ0v) is 11.0. The molecule has 0 heterocycles. The van der Waals surface area contributed by atoms with Crippen LogP contribution in [0.3, 0.4) is 0 Å². The normalized spacial score (nSPS) is 11.4. The Balaban J connectivity index is 4.20. The average molecular weight is 276 g/mol. The van der Waals surface area contributed by atoms with Crippen molar-refractivity contribution in [3.8, 4) is 0 Å². The summed E-state index contributed by atoms with van der Waals surface area (Å²) >= 11 is 0.808. The second-order valence-electron chi connectivity index (χ2n) is 3.51. The molecule has 102 valence electrons. The highest BCUT2D eigenvalue weighted by molar-refractivity contribution is 8.14. The SMILES string of the molecule is CC(=O)NCC(NC(C)=O)SC(=O)CCC(=O)O. The highest BCUT2D eigenvalue weighted by Crippen LogP contribution is 2.12. The average Bonchev–Trinajstić information content (AvgIpc) is 2.22. The van der Waals surface area contributed by atoms with E-state index in [-0.39, 0.29) is 36.3 Å². The second-order valence-corrected chi connectivity index (χ2v) is 4.77. The van der Waals surface area contributed by atoms with Gasteiger partial charge in [-0.2, -0.15) is 0 Å². The van der Waals surface area contributed by atoms with E-state index in [0.29, 0.717) is 0 Å². The van der Waals surface area contributed by atoms with Gasteiger partial charge in [-0.1, -0.05) is 11.8 Å². The summed E-state index contributed by atoms with van der Waals surface area (Å²) in [6.45, 7) is 2.73. The third kappa shape index (κ3) is 9.64. The summed E-state index contributed by atoms with van der Waals surface area (Å²) in [4.78, 5) is 43.4. The van der Waals surface area contributed by atoms with Crippen LogP contribution in [-0.4, -0.2) is 39.9 Å². The van der Waals surface area contributed by atoms with Gasteiger partial charge in [0.25, 0.3) is 0 Å². The Bertz CT molecular complexity index is 345. The van der Waals surface area contributed by atoms with Crippen molar-refractivity contribution in [3.05, 3.63) is 0 Å². The number of rotatable bonds is 7. The van der Waals surface area contributed by atoms with E-state index in [0.717, 1.165) is 11.8 Å². The summed E-state index contributed by atoms with van der Waals surface area (Å²) in [5, 5.41) is 12.5. The van der Waals surface area contributed by atoms with Crippen LogP contribution in [-0.2, 0) is 19.2 Å². The molecule has 0 rings (SSSR count). The number of aliphatic carboxylic acids is 1. The molecule has 0 aliphatic rings. The first-order valence-corrected chi connectivity index (χ1v) is 6.12. The van der Waals surface area contributed by atoms with Gasteiger partial charge >= 0.3 is 5.97 Å². The minimum absolute atomic E-state index is 0.110. The smallest absolute Gasteiger partial charge is 0.303 e. The summed E-state index contributed by atoms with van der Waals surface area (Å²) in [6.07, 6.45) is -0.366. The van der Waals surface area contributed by atoms with E-state index in [4.69, 9.17) is 5.11 Å². The van der Waals surface area contributed by atoms with Crippen molar-refractivity contribution in [1.82, 2.24) is 10.6 Å². The zero-order chi connectivity index (χ0) is 14.1. The van der Waals surface area contributed by atoms with Crippen LogP contribution in [0.15, 0.2) is 0 Å². The lowest BCUT2D eigenvalue weighted by atomic mass is 10.3. The fraction of sp³-hybridized carbons (Fsp3) is 0.600. The Hall–Kier alpha value is -1.57. The first kappa shape index (κ1) is 16.4. The highest BCUT2D eigenvalue weighted by Gasteiger charge is 2.16. The number of carboxylic acids is 1. The topological polar surface area (TPSA) is 113 Å². The fourth-order valence-corrected chi connectivity index (χ4v) is 1.94. The number of hydrogen-bond acceptors (Lipinski definition) is 5.